The lowest BCUT2D eigenvalue weighted by atomic mass is 10.0. The van der Waals surface area contributed by atoms with E-state index >= 15 is 0 Å². The van der Waals surface area contributed by atoms with Crippen molar-refractivity contribution in [3.05, 3.63) is 81.2 Å². The molecule has 29 heavy (non-hydrogen) atoms. The van der Waals surface area contributed by atoms with E-state index < -0.39 is 0 Å². The summed E-state index contributed by atoms with van der Waals surface area (Å²) < 4.78 is 8.62. The van der Waals surface area contributed by atoms with Gasteiger partial charge in [0, 0.05) is 12.0 Å². The molecular formula is C22H18N4O2S. The minimum absolute atomic E-state index is 0.143. The number of anilines is 1. The molecule has 0 spiro atoms. The van der Waals surface area contributed by atoms with Crippen molar-refractivity contribution in [2.75, 3.05) is 5.73 Å². The van der Waals surface area contributed by atoms with Crippen LogP contribution in [0.3, 0.4) is 0 Å². The van der Waals surface area contributed by atoms with Gasteiger partial charge in [-0.3, -0.25) is 4.79 Å². The van der Waals surface area contributed by atoms with E-state index in [2.05, 4.69) is 16.1 Å². The van der Waals surface area contributed by atoms with Crippen molar-refractivity contribution in [1.82, 2.24) is 14.8 Å². The number of rotatable bonds is 3. The van der Waals surface area contributed by atoms with Crippen molar-refractivity contribution in [3.63, 3.8) is 0 Å². The van der Waals surface area contributed by atoms with E-state index in [9.17, 15) is 4.79 Å². The number of nitrogen functional groups attached to an aromatic ring is 1. The van der Waals surface area contributed by atoms with Crippen LogP contribution >= 0.6 is 11.3 Å². The highest BCUT2D eigenvalue weighted by Gasteiger charge is 2.22. The fourth-order valence-corrected chi connectivity index (χ4v) is 4.47. The van der Waals surface area contributed by atoms with E-state index in [-0.39, 0.29) is 11.2 Å². The summed E-state index contributed by atoms with van der Waals surface area (Å²) in [6.45, 7) is 3.83. The quantitative estimate of drug-likeness (QED) is 0.484. The lowest BCUT2D eigenvalue weighted by Gasteiger charge is -2.06. The van der Waals surface area contributed by atoms with E-state index in [4.69, 9.17) is 10.2 Å². The number of hydrogen-bond donors (Lipinski definition) is 1. The fraction of sp³-hybridized carbons (Fsp3) is 0.136. The molecule has 7 heteroatoms. The van der Waals surface area contributed by atoms with Crippen LogP contribution in [0.15, 0.2) is 57.7 Å². The predicted octanol–water partition coefficient (Wildman–Crippen LogP) is 4.38. The Hall–Kier alpha value is -3.45. The van der Waals surface area contributed by atoms with E-state index in [0.717, 1.165) is 21.3 Å². The molecule has 0 atom stereocenters. The Morgan fingerprint density at radius 3 is 2.76 bits per heavy atom. The molecule has 144 valence electrons. The Kier molecular flexibility index (Phi) is 3.99. The number of aryl methyl sites for hydroxylation is 2. The normalized spacial score (nSPS) is 11.5. The maximum atomic E-state index is 13.3. The Labute approximate surface area is 170 Å². The van der Waals surface area contributed by atoms with Crippen LogP contribution in [-0.4, -0.2) is 14.8 Å². The van der Waals surface area contributed by atoms with Crippen LogP contribution in [0.1, 0.15) is 22.5 Å². The van der Waals surface area contributed by atoms with Gasteiger partial charge in [-0.15, -0.1) is 5.10 Å². The van der Waals surface area contributed by atoms with Crippen LogP contribution in [-0.2, 0) is 6.42 Å². The van der Waals surface area contributed by atoms with Crippen molar-refractivity contribution in [2.24, 2.45) is 0 Å². The van der Waals surface area contributed by atoms with E-state index in [1.807, 2.05) is 49.4 Å². The summed E-state index contributed by atoms with van der Waals surface area (Å²) in [5, 5.41) is 5.28. The molecule has 0 bridgehead atoms. The first-order chi connectivity index (χ1) is 14.0. The first kappa shape index (κ1) is 17.6. The maximum Gasteiger partial charge on any atom is 0.237 e. The summed E-state index contributed by atoms with van der Waals surface area (Å²) in [6, 6.07) is 15.9. The van der Waals surface area contributed by atoms with E-state index in [1.54, 1.807) is 6.92 Å². The van der Waals surface area contributed by atoms with Crippen molar-refractivity contribution >= 4 is 38.5 Å². The molecule has 0 radical (unpaired) electrons. The summed E-state index contributed by atoms with van der Waals surface area (Å²) in [5.41, 5.74) is 9.98. The SMILES string of the molecule is Cc1cccc(Cc2c(C)oc3c(c(N)nn3-c3nc4ccccc4s3)c2=O)c1. The molecule has 0 amide bonds. The lowest BCUT2D eigenvalue weighted by molar-refractivity contribution is 0.532. The topological polar surface area (TPSA) is 86.9 Å². The van der Waals surface area contributed by atoms with Crippen molar-refractivity contribution < 1.29 is 4.42 Å². The smallest absolute Gasteiger partial charge is 0.237 e. The van der Waals surface area contributed by atoms with Crippen molar-refractivity contribution in [1.29, 1.82) is 0 Å². The number of aromatic nitrogens is 3. The molecular weight excluding hydrogens is 384 g/mol. The lowest BCUT2D eigenvalue weighted by Crippen LogP contribution is -2.13. The first-order valence-electron chi connectivity index (χ1n) is 9.23. The van der Waals surface area contributed by atoms with E-state index in [0.29, 0.717) is 34.0 Å². The number of benzene rings is 2. The predicted molar refractivity (Wildman–Crippen MR) is 116 cm³/mol. The summed E-state index contributed by atoms with van der Waals surface area (Å²) >= 11 is 1.47. The number of nitrogens with two attached hydrogens (primary N) is 1. The second-order valence-corrected chi connectivity index (χ2v) is 8.08. The van der Waals surface area contributed by atoms with Gasteiger partial charge in [0.1, 0.15) is 11.1 Å². The number of para-hydroxylation sites is 1. The zero-order valence-electron chi connectivity index (χ0n) is 16.0. The molecule has 0 aliphatic heterocycles. The van der Waals surface area contributed by atoms with Gasteiger partial charge >= 0.3 is 0 Å². The van der Waals surface area contributed by atoms with Gasteiger partial charge in [0.25, 0.3) is 0 Å². The zero-order valence-corrected chi connectivity index (χ0v) is 16.8. The average molecular weight is 402 g/mol. The number of nitrogens with zero attached hydrogens (tertiary/aromatic N) is 3. The van der Waals surface area contributed by atoms with Crippen LogP contribution in [0.2, 0.25) is 0 Å². The summed E-state index contributed by atoms with van der Waals surface area (Å²) in [4.78, 5) is 17.9. The second-order valence-electron chi connectivity index (χ2n) is 7.07. The summed E-state index contributed by atoms with van der Waals surface area (Å²) in [6.07, 6.45) is 0.484. The van der Waals surface area contributed by atoms with Gasteiger partial charge in [-0.05, 0) is 31.5 Å². The zero-order chi connectivity index (χ0) is 20.1. The Bertz CT molecular complexity index is 1410. The number of hydrogen-bond acceptors (Lipinski definition) is 6. The molecule has 0 aliphatic rings. The van der Waals surface area contributed by atoms with Gasteiger partial charge in [-0.1, -0.05) is 53.3 Å². The molecule has 3 heterocycles. The third kappa shape index (κ3) is 2.91. The molecule has 0 saturated heterocycles. The molecule has 2 aromatic carbocycles. The molecule has 0 fully saturated rings. The fourth-order valence-electron chi connectivity index (χ4n) is 3.55. The molecule has 5 rings (SSSR count). The molecule has 6 nitrogen and oxygen atoms in total. The Morgan fingerprint density at radius 1 is 1.14 bits per heavy atom. The van der Waals surface area contributed by atoms with Crippen LogP contribution in [0, 0.1) is 13.8 Å². The molecule has 0 unspecified atom stereocenters. The van der Waals surface area contributed by atoms with E-state index in [1.165, 1.54) is 16.0 Å². The monoisotopic (exact) mass is 402 g/mol. The number of thiazole rings is 1. The highest BCUT2D eigenvalue weighted by Crippen LogP contribution is 2.29. The third-order valence-electron chi connectivity index (χ3n) is 4.97. The van der Waals surface area contributed by atoms with Gasteiger partial charge in [-0.2, -0.15) is 4.68 Å². The molecule has 2 N–H and O–H groups in total. The van der Waals surface area contributed by atoms with Crippen LogP contribution in [0.25, 0.3) is 26.4 Å². The number of fused-ring (bicyclic) bond motifs is 2. The van der Waals surface area contributed by atoms with Gasteiger partial charge in [-0.25, -0.2) is 4.98 Å². The Morgan fingerprint density at radius 2 is 1.97 bits per heavy atom. The van der Waals surface area contributed by atoms with Crippen LogP contribution in [0.5, 0.6) is 0 Å². The van der Waals surface area contributed by atoms with Crippen molar-refractivity contribution in [3.8, 4) is 5.13 Å². The largest absolute Gasteiger partial charge is 0.442 e. The standard InChI is InChI=1S/C22H18N4O2S/c1-12-6-5-7-14(10-12)11-15-13(2)28-21-18(19(15)27)20(23)25-26(21)22-24-16-8-3-4-9-17(16)29-22/h3-10H,11H2,1-2H3,(H2,23,25). The molecule has 3 aromatic heterocycles. The van der Waals surface area contributed by atoms with Gasteiger partial charge in [0.2, 0.25) is 16.3 Å². The molecule has 0 saturated carbocycles. The molecule has 0 aliphatic carbocycles. The third-order valence-corrected chi connectivity index (χ3v) is 5.99. The van der Waals surface area contributed by atoms with Crippen molar-refractivity contribution in [2.45, 2.75) is 20.3 Å². The first-order valence-corrected chi connectivity index (χ1v) is 10.0. The summed E-state index contributed by atoms with van der Waals surface area (Å²) in [7, 11) is 0. The minimum Gasteiger partial charge on any atom is -0.442 e. The van der Waals surface area contributed by atoms with Crippen LogP contribution < -0.4 is 11.2 Å². The average Bonchev–Trinajstić information content (AvgIpc) is 3.26. The maximum absolute atomic E-state index is 13.3. The highest BCUT2D eigenvalue weighted by atomic mass is 32.1. The Balaban J connectivity index is 1.69. The van der Waals surface area contributed by atoms with Crippen LogP contribution in [0.4, 0.5) is 5.82 Å². The van der Waals surface area contributed by atoms with Gasteiger partial charge in [0.05, 0.1) is 10.2 Å². The second kappa shape index (κ2) is 6.56. The molecule has 5 aromatic rings. The van der Waals surface area contributed by atoms with Gasteiger partial charge < -0.3 is 10.2 Å². The van der Waals surface area contributed by atoms with Gasteiger partial charge in [0.15, 0.2) is 5.82 Å². The minimum atomic E-state index is -0.143. The highest BCUT2D eigenvalue weighted by molar-refractivity contribution is 7.20. The summed E-state index contributed by atoms with van der Waals surface area (Å²) in [5.74, 6) is 0.713.